The lowest BCUT2D eigenvalue weighted by atomic mass is 10.2. The minimum Gasteiger partial charge on any atom is -0.207 e. The van der Waals surface area contributed by atoms with Gasteiger partial charge in [-0.2, -0.15) is 4.31 Å². The highest BCUT2D eigenvalue weighted by atomic mass is 79.9. The van der Waals surface area contributed by atoms with Crippen molar-refractivity contribution >= 4 is 48.9 Å². The van der Waals surface area contributed by atoms with Crippen LogP contribution in [0.4, 0.5) is 0 Å². The maximum atomic E-state index is 12.7. The highest BCUT2D eigenvalue weighted by Gasteiger charge is 2.27. The van der Waals surface area contributed by atoms with Crippen molar-refractivity contribution in [3.8, 4) is 0 Å². The van der Waals surface area contributed by atoms with Crippen LogP contribution in [0.25, 0.3) is 0 Å². The molecular weight excluding hydrogens is 394 g/mol. The molecule has 1 heterocycles. The second-order valence-corrected chi connectivity index (χ2v) is 8.82. The van der Waals surface area contributed by atoms with Gasteiger partial charge >= 0.3 is 0 Å². The van der Waals surface area contributed by atoms with Crippen LogP contribution in [0.15, 0.2) is 39.0 Å². The molecular formula is C14H15BrClNO2S2. The summed E-state index contributed by atoms with van der Waals surface area (Å²) in [5, 5.41) is 1.83. The summed E-state index contributed by atoms with van der Waals surface area (Å²) in [6, 6.07) is 7.61. The lowest BCUT2D eigenvalue weighted by molar-refractivity contribution is 0.466. The third kappa shape index (κ3) is 3.68. The number of alkyl halides is 1. The maximum Gasteiger partial charge on any atom is 0.244 e. The second-order valence-electron chi connectivity index (χ2n) is 4.70. The average molecular weight is 409 g/mol. The summed E-state index contributed by atoms with van der Waals surface area (Å²) in [5.74, 6) is 0.206. The van der Waals surface area contributed by atoms with Crippen molar-refractivity contribution in [2.75, 3.05) is 7.05 Å². The Morgan fingerprint density at radius 3 is 2.71 bits per heavy atom. The molecule has 0 fully saturated rings. The molecule has 7 heteroatoms. The molecule has 0 unspecified atom stereocenters. The smallest absolute Gasteiger partial charge is 0.207 e. The van der Waals surface area contributed by atoms with Crippen molar-refractivity contribution in [3.05, 3.63) is 50.1 Å². The van der Waals surface area contributed by atoms with E-state index in [1.165, 1.54) is 15.6 Å². The molecule has 21 heavy (non-hydrogen) atoms. The predicted octanol–water partition coefficient (Wildman–Crippen LogP) is 4.38. The van der Waals surface area contributed by atoms with Crippen LogP contribution in [0.2, 0.25) is 0 Å². The summed E-state index contributed by atoms with van der Waals surface area (Å²) in [6.07, 6.45) is 0. The second kappa shape index (κ2) is 6.79. The number of sulfonamides is 1. The van der Waals surface area contributed by atoms with E-state index in [0.29, 0.717) is 16.3 Å². The monoisotopic (exact) mass is 407 g/mol. The van der Waals surface area contributed by atoms with Crippen LogP contribution in [0, 0.1) is 6.92 Å². The Bertz CT molecular complexity index is 743. The van der Waals surface area contributed by atoms with Gasteiger partial charge in [-0.3, -0.25) is 0 Å². The van der Waals surface area contributed by atoms with Gasteiger partial charge in [-0.05, 0) is 35.6 Å². The Hall–Kier alpha value is -0.400. The minimum absolute atomic E-state index is 0.206. The van der Waals surface area contributed by atoms with Crippen LogP contribution in [0.5, 0.6) is 0 Å². The molecule has 0 aliphatic carbocycles. The largest absolute Gasteiger partial charge is 0.244 e. The van der Waals surface area contributed by atoms with Gasteiger partial charge in [0.2, 0.25) is 10.0 Å². The SMILES string of the molecule is Cc1csc(CCl)c1S(=O)(=O)N(C)Cc1cccc(Br)c1. The van der Waals surface area contributed by atoms with Gasteiger partial charge in [0, 0.05) is 22.9 Å². The average Bonchev–Trinajstić information content (AvgIpc) is 2.80. The van der Waals surface area contributed by atoms with E-state index in [2.05, 4.69) is 15.9 Å². The Morgan fingerprint density at radius 1 is 1.38 bits per heavy atom. The van der Waals surface area contributed by atoms with E-state index in [9.17, 15) is 8.42 Å². The van der Waals surface area contributed by atoms with Gasteiger partial charge in [0.1, 0.15) is 4.90 Å². The fraction of sp³-hybridized carbons (Fsp3) is 0.286. The van der Waals surface area contributed by atoms with Crippen molar-refractivity contribution < 1.29 is 8.42 Å². The third-order valence-corrected chi connectivity index (χ3v) is 7.26. The summed E-state index contributed by atoms with van der Waals surface area (Å²) in [6.45, 7) is 2.12. The van der Waals surface area contributed by atoms with Crippen molar-refractivity contribution in [2.24, 2.45) is 0 Å². The quantitative estimate of drug-likeness (QED) is 0.689. The molecule has 0 aliphatic rings. The number of hydrogen-bond acceptors (Lipinski definition) is 3. The standard InChI is InChI=1S/C14H15BrClNO2S2/c1-10-9-20-13(7-16)14(10)21(18,19)17(2)8-11-4-3-5-12(15)6-11/h3-6,9H,7-8H2,1-2H3. The molecule has 0 bridgehead atoms. The highest BCUT2D eigenvalue weighted by Crippen LogP contribution is 2.31. The first-order valence-corrected chi connectivity index (χ1v) is 9.84. The highest BCUT2D eigenvalue weighted by molar-refractivity contribution is 9.10. The zero-order valence-corrected chi connectivity index (χ0v) is 15.6. The normalized spacial score (nSPS) is 12.0. The van der Waals surface area contributed by atoms with Gasteiger partial charge in [0.25, 0.3) is 0 Å². The summed E-state index contributed by atoms with van der Waals surface area (Å²) in [5.41, 5.74) is 1.67. The molecule has 0 spiro atoms. The van der Waals surface area contributed by atoms with Crippen LogP contribution >= 0.6 is 38.9 Å². The molecule has 1 aromatic heterocycles. The van der Waals surface area contributed by atoms with Crippen LogP contribution in [-0.2, 0) is 22.4 Å². The molecule has 1 aromatic carbocycles. The molecule has 0 saturated carbocycles. The Morgan fingerprint density at radius 2 is 2.10 bits per heavy atom. The molecule has 0 atom stereocenters. The van der Waals surface area contributed by atoms with Crippen LogP contribution < -0.4 is 0 Å². The van der Waals surface area contributed by atoms with Gasteiger partial charge in [0.15, 0.2) is 0 Å². The molecule has 2 aromatic rings. The molecule has 3 nitrogen and oxygen atoms in total. The van der Waals surface area contributed by atoms with Crippen molar-refractivity contribution in [1.29, 1.82) is 0 Å². The molecule has 0 saturated heterocycles. The molecule has 0 amide bonds. The molecule has 0 radical (unpaired) electrons. The van der Waals surface area contributed by atoms with E-state index in [0.717, 1.165) is 15.6 Å². The van der Waals surface area contributed by atoms with E-state index in [4.69, 9.17) is 11.6 Å². The first kappa shape index (κ1) is 17.0. The summed E-state index contributed by atoms with van der Waals surface area (Å²) in [7, 11) is -1.95. The third-order valence-electron chi connectivity index (χ3n) is 3.07. The molecule has 0 aliphatic heterocycles. The first-order valence-electron chi connectivity index (χ1n) is 6.20. The number of aryl methyl sites for hydroxylation is 1. The summed E-state index contributed by atoms with van der Waals surface area (Å²) < 4.78 is 27.8. The van der Waals surface area contributed by atoms with Crippen LogP contribution in [-0.4, -0.2) is 19.8 Å². The zero-order valence-electron chi connectivity index (χ0n) is 11.6. The fourth-order valence-electron chi connectivity index (χ4n) is 2.06. The molecule has 0 N–H and O–H groups in total. The lowest BCUT2D eigenvalue weighted by Crippen LogP contribution is -2.27. The number of hydrogen-bond donors (Lipinski definition) is 0. The Labute approximate surface area is 142 Å². The zero-order chi connectivity index (χ0) is 15.6. The summed E-state index contributed by atoms with van der Waals surface area (Å²) >= 11 is 10.6. The summed E-state index contributed by atoms with van der Waals surface area (Å²) in [4.78, 5) is 1.04. The lowest BCUT2D eigenvalue weighted by Gasteiger charge is -2.18. The van der Waals surface area contributed by atoms with E-state index < -0.39 is 10.0 Å². The Balaban J connectivity index is 2.33. The first-order chi connectivity index (χ1) is 9.86. The fourth-order valence-corrected chi connectivity index (χ4v) is 5.67. The van der Waals surface area contributed by atoms with Gasteiger partial charge in [-0.25, -0.2) is 8.42 Å². The van der Waals surface area contributed by atoms with E-state index in [1.54, 1.807) is 14.0 Å². The number of thiophene rings is 1. The van der Waals surface area contributed by atoms with E-state index >= 15 is 0 Å². The van der Waals surface area contributed by atoms with Crippen molar-refractivity contribution in [2.45, 2.75) is 24.2 Å². The van der Waals surface area contributed by atoms with Crippen molar-refractivity contribution in [1.82, 2.24) is 4.31 Å². The number of halogens is 2. The van der Waals surface area contributed by atoms with Crippen LogP contribution in [0.3, 0.4) is 0 Å². The van der Waals surface area contributed by atoms with Gasteiger partial charge in [-0.15, -0.1) is 22.9 Å². The van der Waals surface area contributed by atoms with Crippen LogP contribution in [0.1, 0.15) is 16.0 Å². The number of rotatable bonds is 5. The maximum absolute atomic E-state index is 12.7. The molecule has 2 rings (SSSR count). The Kier molecular flexibility index (Phi) is 5.48. The molecule has 114 valence electrons. The topological polar surface area (TPSA) is 37.4 Å². The van der Waals surface area contributed by atoms with Gasteiger partial charge in [0.05, 0.1) is 5.88 Å². The predicted molar refractivity (Wildman–Crippen MR) is 91.4 cm³/mol. The van der Waals surface area contributed by atoms with E-state index in [-0.39, 0.29) is 5.88 Å². The number of benzene rings is 1. The van der Waals surface area contributed by atoms with Gasteiger partial charge in [-0.1, -0.05) is 28.1 Å². The minimum atomic E-state index is -3.54. The van der Waals surface area contributed by atoms with Crippen molar-refractivity contribution in [3.63, 3.8) is 0 Å². The van der Waals surface area contributed by atoms with E-state index in [1.807, 2.05) is 29.6 Å². The van der Waals surface area contributed by atoms with Gasteiger partial charge < -0.3 is 0 Å². The number of nitrogens with zero attached hydrogens (tertiary/aromatic N) is 1.